The molecule has 0 bridgehead atoms. The van der Waals surface area contributed by atoms with Crippen molar-refractivity contribution < 1.29 is 8.78 Å². The molecule has 1 heterocycles. The molecule has 0 amide bonds. The maximum Gasteiger partial charge on any atom is 0.178 e. The Morgan fingerprint density at radius 1 is 1.14 bits per heavy atom. The van der Waals surface area contributed by atoms with Crippen molar-refractivity contribution in [3.63, 3.8) is 0 Å². The van der Waals surface area contributed by atoms with E-state index >= 15 is 0 Å². The average molecular weight is 304 g/mol. The van der Waals surface area contributed by atoms with Gasteiger partial charge in [0.05, 0.1) is 17.1 Å². The molecule has 1 unspecified atom stereocenters. The summed E-state index contributed by atoms with van der Waals surface area (Å²) in [6.45, 7) is 3.67. The van der Waals surface area contributed by atoms with Crippen molar-refractivity contribution in [1.29, 1.82) is 0 Å². The fourth-order valence-electron chi connectivity index (χ4n) is 2.51. The van der Waals surface area contributed by atoms with Crippen molar-refractivity contribution in [2.45, 2.75) is 19.9 Å². The van der Waals surface area contributed by atoms with E-state index in [1.807, 2.05) is 17.6 Å². The highest BCUT2D eigenvalue weighted by molar-refractivity contribution is 7.71. The minimum Gasteiger partial charge on any atom is -0.330 e. The summed E-state index contributed by atoms with van der Waals surface area (Å²) >= 11 is 5.32. The normalized spacial score (nSPS) is 12.8. The molecule has 1 aromatic heterocycles. The second kappa shape index (κ2) is 5.07. The van der Waals surface area contributed by atoms with Crippen LogP contribution in [0.2, 0.25) is 0 Å². The van der Waals surface area contributed by atoms with Gasteiger partial charge < -0.3 is 9.55 Å². The van der Waals surface area contributed by atoms with E-state index in [-0.39, 0.29) is 17.7 Å². The van der Waals surface area contributed by atoms with Crippen LogP contribution in [-0.2, 0) is 0 Å². The first-order valence-electron chi connectivity index (χ1n) is 6.63. The largest absolute Gasteiger partial charge is 0.330 e. The lowest BCUT2D eigenvalue weighted by atomic mass is 10.1. The highest BCUT2D eigenvalue weighted by Gasteiger charge is 2.14. The lowest BCUT2D eigenvalue weighted by Crippen LogP contribution is -2.07. The van der Waals surface area contributed by atoms with Gasteiger partial charge in [0.15, 0.2) is 4.77 Å². The smallest absolute Gasteiger partial charge is 0.178 e. The molecule has 3 aromatic rings. The van der Waals surface area contributed by atoms with Gasteiger partial charge in [-0.25, -0.2) is 8.78 Å². The van der Waals surface area contributed by atoms with Crippen LogP contribution in [0.4, 0.5) is 8.78 Å². The Balaban J connectivity index is 2.17. The summed E-state index contributed by atoms with van der Waals surface area (Å²) in [5.74, 6) is -0.559. The monoisotopic (exact) mass is 304 g/mol. The molecule has 0 aliphatic heterocycles. The van der Waals surface area contributed by atoms with Gasteiger partial charge in [0.2, 0.25) is 0 Å². The molecule has 0 aliphatic rings. The van der Waals surface area contributed by atoms with E-state index < -0.39 is 0 Å². The lowest BCUT2D eigenvalue weighted by molar-refractivity contribution is 0.600. The molecule has 0 saturated heterocycles. The van der Waals surface area contributed by atoms with Gasteiger partial charge in [0.1, 0.15) is 11.6 Å². The maximum absolute atomic E-state index is 13.8. The number of fused-ring (bicyclic) bond motifs is 1. The number of rotatable bonds is 2. The molecule has 1 atom stereocenters. The van der Waals surface area contributed by atoms with Gasteiger partial charge in [-0.3, -0.25) is 0 Å². The average Bonchev–Trinajstić information content (AvgIpc) is 2.76. The highest BCUT2D eigenvalue weighted by atomic mass is 32.1. The first-order chi connectivity index (χ1) is 9.97. The van der Waals surface area contributed by atoms with Gasteiger partial charge in [-0.15, -0.1) is 0 Å². The maximum atomic E-state index is 13.8. The SMILES string of the molecule is Cc1ccc(C(C)n2c(=S)[nH]c3cc(F)ccc32)cc1F. The molecule has 0 radical (unpaired) electrons. The van der Waals surface area contributed by atoms with Crippen LogP contribution < -0.4 is 0 Å². The molecule has 0 spiro atoms. The number of aromatic nitrogens is 2. The van der Waals surface area contributed by atoms with Crippen LogP contribution >= 0.6 is 12.2 Å². The van der Waals surface area contributed by atoms with Gasteiger partial charge in [-0.05, 0) is 61.5 Å². The second-order valence-electron chi connectivity index (χ2n) is 5.15. The zero-order valence-electron chi connectivity index (χ0n) is 11.7. The summed E-state index contributed by atoms with van der Waals surface area (Å²) in [5, 5.41) is 0. The van der Waals surface area contributed by atoms with Crippen molar-refractivity contribution in [3.05, 3.63) is 63.9 Å². The second-order valence-corrected chi connectivity index (χ2v) is 5.53. The van der Waals surface area contributed by atoms with Crippen LogP contribution in [-0.4, -0.2) is 9.55 Å². The number of nitrogens with one attached hydrogen (secondary N) is 1. The van der Waals surface area contributed by atoms with E-state index in [1.54, 1.807) is 19.1 Å². The van der Waals surface area contributed by atoms with E-state index in [0.29, 0.717) is 15.9 Å². The van der Waals surface area contributed by atoms with Crippen molar-refractivity contribution in [3.8, 4) is 0 Å². The van der Waals surface area contributed by atoms with E-state index in [4.69, 9.17) is 12.2 Å². The molecule has 5 heteroatoms. The third-order valence-corrected chi connectivity index (χ3v) is 4.04. The summed E-state index contributed by atoms with van der Waals surface area (Å²) in [6.07, 6.45) is 0. The molecule has 2 nitrogen and oxygen atoms in total. The number of imidazole rings is 1. The van der Waals surface area contributed by atoms with Crippen molar-refractivity contribution in [2.24, 2.45) is 0 Å². The number of benzene rings is 2. The van der Waals surface area contributed by atoms with Gasteiger partial charge >= 0.3 is 0 Å². The fourth-order valence-corrected chi connectivity index (χ4v) is 2.87. The van der Waals surface area contributed by atoms with Crippen LogP contribution in [0.1, 0.15) is 24.1 Å². The number of aromatic amines is 1. The summed E-state index contributed by atoms with van der Waals surface area (Å²) in [7, 11) is 0. The summed E-state index contributed by atoms with van der Waals surface area (Å²) in [4.78, 5) is 2.99. The molecule has 0 aliphatic carbocycles. The van der Waals surface area contributed by atoms with Crippen LogP contribution in [0.15, 0.2) is 36.4 Å². The zero-order valence-corrected chi connectivity index (χ0v) is 12.5. The van der Waals surface area contributed by atoms with Crippen molar-refractivity contribution in [2.75, 3.05) is 0 Å². The van der Waals surface area contributed by atoms with Gasteiger partial charge in [0.25, 0.3) is 0 Å². The minimum absolute atomic E-state index is 0.146. The number of aryl methyl sites for hydroxylation is 1. The first kappa shape index (κ1) is 13.9. The summed E-state index contributed by atoms with van der Waals surface area (Å²) in [5.41, 5.74) is 2.87. The predicted molar refractivity (Wildman–Crippen MR) is 82.0 cm³/mol. The van der Waals surface area contributed by atoms with Crippen LogP contribution in [0.25, 0.3) is 11.0 Å². The summed E-state index contributed by atoms with van der Waals surface area (Å²) in [6, 6.07) is 9.48. The Morgan fingerprint density at radius 3 is 2.62 bits per heavy atom. The van der Waals surface area contributed by atoms with Gasteiger partial charge in [-0.2, -0.15) is 0 Å². The van der Waals surface area contributed by atoms with E-state index in [9.17, 15) is 8.78 Å². The Morgan fingerprint density at radius 2 is 1.90 bits per heavy atom. The summed E-state index contributed by atoms with van der Waals surface area (Å²) < 4.78 is 29.4. The van der Waals surface area contributed by atoms with Crippen LogP contribution in [0.5, 0.6) is 0 Å². The Labute approximate surface area is 126 Å². The van der Waals surface area contributed by atoms with Crippen molar-refractivity contribution >= 4 is 23.3 Å². The highest BCUT2D eigenvalue weighted by Crippen LogP contribution is 2.26. The number of halogens is 2. The third-order valence-electron chi connectivity index (χ3n) is 3.74. The number of H-pyrrole nitrogens is 1. The Bertz CT molecular complexity index is 880. The van der Waals surface area contributed by atoms with Crippen molar-refractivity contribution in [1.82, 2.24) is 9.55 Å². The third kappa shape index (κ3) is 2.38. The topological polar surface area (TPSA) is 20.7 Å². The molecule has 1 N–H and O–H groups in total. The molecular formula is C16H14F2N2S. The molecule has 2 aromatic carbocycles. The van der Waals surface area contributed by atoms with Crippen LogP contribution in [0.3, 0.4) is 0 Å². The fraction of sp³-hybridized carbons (Fsp3) is 0.188. The molecule has 0 saturated carbocycles. The van der Waals surface area contributed by atoms with E-state index in [2.05, 4.69) is 4.98 Å². The minimum atomic E-state index is -0.320. The molecule has 108 valence electrons. The lowest BCUT2D eigenvalue weighted by Gasteiger charge is -2.15. The molecule has 0 fully saturated rings. The van der Waals surface area contributed by atoms with Crippen LogP contribution in [0, 0.1) is 23.3 Å². The number of hydrogen-bond donors (Lipinski definition) is 1. The number of nitrogens with zero attached hydrogens (tertiary/aromatic N) is 1. The van der Waals surface area contributed by atoms with E-state index in [0.717, 1.165) is 11.1 Å². The van der Waals surface area contributed by atoms with Gasteiger partial charge in [-0.1, -0.05) is 12.1 Å². The Kier molecular flexibility index (Phi) is 3.37. The predicted octanol–water partition coefficient (Wildman–Crippen LogP) is 4.89. The quantitative estimate of drug-likeness (QED) is 0.668. The zero-order chi connectivity index (χ0) is 15.1. The standard InChI is InChI=1S/C16H14F2N2S/c1-9-3-4-11(7-13(9)18)10(2)20-15-6-5-12(17)8-14(15)19-16(20)21/h3-8,10H,1-2H3,(H,19,21). The Hall–Kier alpha value is -2.01. The first-order valence-corrected chi connectivity index (χ1v) is 7.04. The number of hydrogen-bond acceptors (Lipinski definition) is 1. The molecular weight excluding hydrogens is 290 g/mol. The van der Waals surface area contributed by atoms with Gasteiger partial charge in [0, 0.05) is 0 Å². The van der Waals surface area contributed by atoms with E-state index in [1.165, 1.54) is 18.2 Å². The molecule has 21 heavy (non-hydrogen) atoms. The molecule has 3 rings (SSSR count).